The number of carbonyl (C=O) groups excluding carboxylic acids is 1. The molecule has 0 saturated carbocycles. The Hall–Kier alpha value is -0.900. The van der Waals surface area contributed by atoms with Gasteiger partial charge < -0.3 is 5.43 Å². The van der Waals surface area contributed by atoms with Crippen LogP contribution in [0.15, 0.2) is 4.99 Å². The van der Waals surface area contributed by atoms with Crippen molar-refractivity contribution in [3.8, 4) is 0 Å². The molecule has 0 amide bonds. The molecule has 1 rings (SSSR count). The highest BCUT2D eigenvalue weighted by molar-refractivity contribution is 5.66. The Morgan fingerprint density at radius 2 is 2.64 bits per heavy atom. The SMILES string of the molecule is CC[C@@H](C)N1NC=NC1C=O. The first-order valence-electron chi connectivity index (χ1n) is 3.81. The van der Waals surface area contributed by atoms with E-state index in [0.717, 1.165) is 12.7 Å². The van der Waals surface area contributed by atoms with Gasteiger partial charge in [-0.15, -0.1) is 0 Å². The minimum absolute atomic E-state index is 0.329. The predicted molar refractivity (Wildman–Crippen MR) is 43.1 cm³/mol. The first-order chi connectivity index (χ1) is 5.29. The van der Waals surface area contributed by atoms with E-state index < -0.39 is 0 Å². The largest absolute Gasteiger partial charge is 0.307 e. The van der Waals surface area contributed by atoms with Gasteiger partial charge in [0.15, 0.2) is 12.5 Å². The summed E-state index contributed by atoms with van der Waals surface area (Å²) in [6, 6.07) is 0.340. The molecule has 1 heterocycles. The van der Waals surface area contributed by atoms with Crippen molar-refractivity contribution in [3.63, 3.8) is 0 Å². The molecule has 1 aliphatic rings. The molecule has 0 bridgehead atoms. The van der Waals surface area contributed by atoms with Crippen LogP contribution in [0.1, 0.15) is 20.3 Å². The normalized spacial score (nSPS) is 26.5. The maximum atomic E-state index is 10.4. The van der Waals surface area contributed by atoms with E-state index in [4.69, 9.17) is 0 Å². The fourth-order valence-electron chi connectivity index (χ4n) is 1.01. The van der Waals surface area contributed by atoms with Crippen LogP contribution in [0.3, 0.4) is 0 Å². The molecule has 0 radical (unpaired) electrons. The summed E-state index contributed by atoms with van der Waals surface area (Å²) in [5.74, 6) is 0. The van der Waals surface area contributed by atoms with Crippen molar-refractivity contribution >= 4 is 12.6 Å². The van der Waals surface area contributed by atoms with Crippen molar-refractivity contribution in [2.24, 2.45) is 4.99 Å². The Morgan fingerprint density at radius 3 is 3.18 bits per heavy atom. The zero-order chi connectivity index (χ0) is 8.27. The zero-order valence-electron chi connectivity index (χ0n) is 6.82. The van der Waals surface area contributed by atoms with Crippen LogP contribution in [0.4, 0.5) is 0 Å². The molecule has 11 heavy (non-hydrogen) atoms. The van der Waals surface area contributed by atoms with Crippen LogP contribution in [-0.4, -0.2) is 29.8 Å². The number of hydrazine groups is 1. The third-order valence-corrected chi connectivity index (χ3v) is 1.91. The number of nitrogens with zero attached hydrogens (tertiary/aromatic N) is 2. The lowest BCUT2D eigenvalue weighted by atomic mass is 10.2. The minimum Gasteiger partial charge on any atom is -0.307 e. The Bertz CT molecular complexity index is 169. The van der Waals surface area contributed by atoms with Gasteiger partial charge in [-0.2, -0.15) is 5.01 Å². The van der Waals surface area contributed by atoms with E-state index >= 15 is 0 Å². The molecule has 4 heteroatoms. The summed E-state index contributed by atoms with van der Waals surface area (Å²) in [6.45, 7) is 4.13. The molecule has 0 fully saturated rings. The summed E-state index contributed by atoms with van der Waals surface area (Å²) in [4.78, 5) is 14.4. The molecular formula is C7H13N3O. The van der Waals surface area contributed by atoms with E-state index in [0.29, 0.717) is 6.04 Å². The first-order valence-corrected chi connectivity index (χ1v) is 3.81. The third-order valence-electron chi connectivity index (χ3n) is 1.91. The maximum Gasteiger partial charge on any atom is 0.176 e. The minimum atomic E-state index is -0.329. The summed E-state index contributed by atoms with van der Waals surface area (Å²) in [6.07, 6.45) is 3.07. The number of aldehydes is 1. The van der Waals surface area contributed by atoms with Gasteiger partial charge in [0.25, 0.3) is 0 Å². The van der Waals surface area contributed by atoms with Crippen molar-refractivity contribution in [1.82, 2.24) is 10.4 Å². The van der Waals surface area contributed by atoms with Crippen molar-refractivity contribution in [2.45, 2.75) is 32.5 Å². The van der Waals surface area contributed by atoms with E-state index in [1.165, 1.54) is 0 Å². The number of nitrogens with one attached hydrogen (secondary N) is 1. The van der Waals surface area contributed by atoms with Crippen molar-refractivity contribution < 1.29 is 4.79 Å². The lowest BCUT2D eigenvalue weighted by Gasteiger charge is -2.24. The van der Waals surface area contributed by atoms with E-state index in [1.807, 2.05) is 5.01 Å². The van der Waals surface area contributed by atoms with Gasteiger partial charge >= 0.3 is 0 Å². The van der Waals surface area contributed by atoms with Gasteiger partial charge in [-0.25, -0.2) is 4.99 Å². The van der Waals surface area contributed by atoms with Gasteiger partial charge in [0.1, 0.15) is 0 Å². The van der Waals surface area contributed by atoms with Crippen molar-refractivity contribution in [2.75, 3.05) is 0 Å². The van der Waals surface area contributed by atoms with Gasteiger partial charge in [-0.05, 0) is 13.3 Å². The van der Waals surface area contributed by atoms with E-state index in [-0.39, 0.29) is 6.17 Å². The molecular weight excluding hydrogens is 142 g/mol. The van der Waals surface area contributed by atoms with Gasteiger partial charge in [0.2, 0.25) is 0 Å². The molecule has 0 aromatic rings. The topological polar surface area (TPSA) is 44.7 Å². The number of carbonyl (C=O) groups is 1. The number of hydrogen-bond donors (Lipinski definition) is 1. The molecule has 1 unspecified atom stereocenters. The number of hydrogen-bond acceptors (Lipinski definition) is 4. The average Bonchev–Trinajstić information content (AvgIpc) is 2.50. The molecule has 0 aromatic heterocycles. The summed E-state index contributed by atoms with van der Waals surface area (Å²) >= 11 is 0. The summed E-state index contributed by atoms with van der Waals surface area (Å²) in [5, 5.41) is 1.84. The fourth-order valence-corrected chi connectivity index (χ4v) is 1.01. The lowest BCUT2D eigenvalue weighted by Crippen LogP contribution is -2.45. The van der Waals surface area contributed by atoms with Crippen molar-refractivity contribution in [3.05, 3.63) is 0 Å². The molecule has 0 saturated heterocycles. The standard InChI is InChI=1S/C7H13N3O/c1-3-6(2)10-7(4-11)8-5-9-10/h4-7H,3H2,1-2H3,(H,8,9)/t6-,7?/m1/s1. The molecule has 4 nitrogen and oxygen atoms in total. The fraction of sp³-hybridized carbons (Fsp3) is 0.714. The van der Waals surface area contributed by atoms with E-state index in [9.17, 15) is 4.79 Å². The second-order valence-corrected chi connectivity index (χ2v) is 2.62. The Kier molecular flexibility index (Phi) is 2.59. The molecule has 62 valence electrons. The second kappa shape index (κ2) is 3.48. The molecule has 0 aliphatic carbocycles. The zero-order valence-corrected chi connectivity index (χ0v) is 6.82. The summed E-state index contributed by atoms with van der Waals surface area (Å²) in [5.41, 5.74) is 2.92. The molecule has 2 atom stereocenters. The van der Waals surface area contributed by atoms with Gasteiger partial charge in [-0.3, -0.25) is 4.79 Å². The molecule has 1 N–H and O–H groups in total. The molecule has 1 aliphatic heterocycles. The van der Waals surface area contributed by atoms with Crippen LogP contribution in [0.2, 0.25) is 0 Å². The van der Waals surface area contributed by atoms with Crippen molar-refractivity contribution in [1.29, 1.82) is 0 Å². The van der Waals surface area contributed by atoms with Gasteiger partial charge in [-0.1, -0.05) is 6.92 Å². The average molecular weight is 155 g/mol. The quantitative estimate of drug-likeness (QED) is 0.590. The molecule has 0 spiro atoms. The van der Waals surface area contributed by atoms with Gasteiger partial charge in [0.05, 0.1) is 6.34 Å². The Labute approximate surface area is 66.3 Å². The Morgan fingerprint density at radius 1 is 1.91 bits per heavy atom. The van der Waals surface area contributed by atoms with Crippen LogP contribution < -0.4 is 5.43 Å². The predicted octanol–water partition coefficient (Wildman–Crippen LogP) is 0.158. The van der Waals surface area contributed by atoms with E-state index in [2.05, 4.69) is 24.3 Å². The van der Waals surface area contributed by atoms with E-state index in [1.54, 1.807) is 6.34 Å². The van der Waals surface area contributed by atoms with Crippen LogP contribution >= 0.6 is 0 Å². The van der Waals surface area contributed by atoms with Crippen LogP contribution in [0.5, 0.6) is 0 Å². The highest BCUT2D eigenvalue weighted by atomic mass is 16.1. The first kappa shape index (κ1) is 8.20. The highest BCUT2D eigenvalue weighted by Gasteiger charge is 2.23. The third kappa shape index (κ3) is 1.57. The number of rotatable bonds is 3. The number of aliphatic imine (C=N–C) groups is 1. The Balaban J connectivity index is 2.53. The van der Waals surface area contributed by atoms with Crippen LogP contribution in [-0.2, 0) is 4.79 Å². The second-order valence-electron chi connectivity index (χ2n) is 2.62. The van der Waals surface area contributed by atoms with Crippen LogP contribution in [0.25, 0.3) is 0 Å². The summed E-state index contributed by atoms with van der Waals surface area (Å²) in [7, 11) is 0. The smallest absolute Gasteiger partial charge is 0.176 e. The van der Waals surface area contributed by atoms with Gasteiger partial charge in [0, 0.05) is 6.04 Å². The monoisotopic (exact) mass is 155 g/mol. The highest BCUT2D eigenvalue weighted by Crippen LogP contribution is 2.07. The van der Waals surface area contributed by atoms with Crippen LogP contribution in [0, 0.1) is 0 Å². The lowest BCUT2D eigenvalue weighted by molar-refractivity contribution is -0.113. The maximum absolute atomic E-state index is 10.4. The molecule has 0 aromatic carbocycles. The summed E-state index contributed by atoms with van der Waals surface area (Å²) < 4.78 is 0.